The van der Waals surface area contributed by atoms with E-state index in [1.165, 1.54) is 0 Å². The van der Waals surface area contributed by atoms with E-state index >= 15 is 0 Å². The van der Waals surface area contributed by atoms with Gasteiger partial charge in [0.15, 0.2) is 0 Å². The molecule has 0 amide bonds. The van der Waals surface area contributed by atoms with Crippen LogP contribution in [0.25, 0.3) is 22.2 Å². The van der Waals surface area contributed by atoms with Gasteiger partial charge in [-0.05, 0) is 38.7 Å². The lowest BCUT2D eigenvalue weighted by Crippen LogP contribution is -2.26. The molecule has 1 aliphatic carbocycles. The third-order valence-corrected chi connectivity index (χ3v) is 5.75. The molecule has 9 heteroatoms. The number of rotatable bonds is 6. The van der Waals surface area contributed by atoms with Crippen LogP contribution in [0, 0.1) is 0 Å². The number of aromatic nitrogens is 7. The Kier molecular flexibility index (Phi) is 5.23. The smallest absolute Gasteiger partial charge is 0.233 e. The SMILES string of the molecule is CCNc1cc2c(cn1)c(-c1cnn(C)c1)nn2[C@H]1CC[C@@H](Oc2cccnn2)CC1. The number of aryl methyl sites for hydroxylation is 1. The highest BCUT2D eigenvalue weighted by Gasteiger charge is 2.27. The molecule has 0 unspecified atom stereocenters. The van der Waals surface area contributed by atoms with Crippen molar-refractivity contribution in [2.24, 2.45) is 7.05 Å². The summed E-state index contributed by atoms with van der Waals surface area (Å²) in [6.07, 6.45) is 11.5. The Morgan fingerprint density at radius 3 is 2.77 bits per heavy atom. The van der Waals surface area contributed by atoms with Gasteiger partial charge >= 0.3 is 0 Å². The van der Waals surface area contributed by atoms with Crippen molar-refractivity contribution in [3.63, 3.8) is 0 Å². The minimum absolute atomic E-state index is 0.159. The van der Waals surface area contributed by atoms with Gasteiger partial charge < -0.3 is 10.1 Å². The molecule has 0 aliphatic heterocycles. The maximum Gasteiger partial charge on any atom is 0.233 e. The molecule has 4 heterocycles. The number of nitrogens with one attached hydrogen (secondary N) is 1. The van der Waals surface area contributed by atoms with Crippen LogP contribution < -0.4 is 10.1 Å². The number of pyridine rings is 1. The van der Waals surface area contributed by atoms with E-state index in [-0.39, 0.29) is 6.10 Å². The molecule has 4 aromatic heterocycles. The fourth-order valence-electron chi connectivity index (χ4n) is 4.27. The number of hydrogen-bond acceptors (Lipinski definition) is 7. The molecule has 0 atom stereocenters. The highest BCUT2D eigenvalue weighted by Crippen LogP contribution is 2.36. The topological polar surface area (TPSA) is 95.6 Å². The van der Waals surface area contributed by atoms with Crippen LogP contribution in [0.5, 0.6) is 5.88 Å². The molecular weight excluding hydrogens is 392 g/mol. The van der Waals surface area contributed by atoms with Crippen molar-refractivity contribution in [2.75, 3.05) is 11.9 Å². The largest absolute Gasteiger partial charge is 0.473 e. The highest BCUT2D eigenvalue weighted by atomic mass is 16.5. The zero-order valence-corrected chi connectivity index (χ0v) is 17.8. The Morgan fingerprint density at radius 1 is 1.19 bits per heavy atom. The van der Waals surface area contributed by atoms with Crippen molar-refractivity contribution in [3.8, 4) is 17.1 Å². The van der Waals surface area contributed by atoms with Crippen LogP contribution in [0.15, 0.2) is 43.0 Å². The fraction of sp³-hybridized carbons (Fsp3) is 0.409. The van der Waals surface area contributed by atoms with Crippen LogP contribution in [-0.2, 0) is 7.05 Å². The molecular formula is C22H26N8O. The van der Waals surface area contributed by atoms with Crippen LogP contribution in [0.2, 0.25) is 0 Å². The number of nitrogens with zero attached hydrogens (tertiary/aromatic N) is 7. The average Bonchev–Trinajstić information content (AvgIpc) is 3.39. The summed E-state index contributed by atoms with van der Waals surface area (Å²) >= 11 is 0. The van der Waals surface area contributed by atoms with Crippen molar-refractivity contribution < 1.29 is 4.74 Å². The summed E-state index contributed by atoms with van der Waals surface area (Å²) in [5.41, 5.74) is 3.03. The number of anilines is 1. The Hall–Kier alpha value is -3.49. The molecule has 1 aliphatic rings. The fourth-order valence-corrected chi connectivity index (χ4v) is 4.27. The Morgan fingerprint density at radius 2 is 2.06 bits per heavy atom. The Bertz CT molecular complexity index is 1160. The molecule has 9 nitrogen and oxygen atoms in total. The summed E-state index contributed by atoms with van der Waals surface area (Å²) in [5.74, 6) is 1.46. The predicted molar refractivity (Wildman–Crippen MR) is 118 cm³/mol. The summed E-state index contributed by atoms with van der Waals surface area (Å²) in [6, 6.07) is 6.12. The first-order valence-corrected chi connectivity index (χ1v) is 10.8. The van der Waals surface area contributed by atoms with E-state index in [1.807, 2.05) is 37.8 Å². The van der Waals surface area contributed by atoms with Gasteiger partial charge in [0.25, 0.3) is 0 Å². The molecule has 4 aromatic rings. The Balaban J connectivity index is 1.43. The van der Waals surface area contributed by atoms with E-state index in [4.69, 9.17) is 9.84 Å². The summed E-state index contributed by atoms with van der Waals surface area (Å²) in [6.45, 7) is 2.90. The molecule has 160 valence electrons. The van der Waals surface area contributed by atoms with Crippen molar-refractivity contribution in [2.45, 2.75) is 44.8 Å². The lowest BCUT2D eigenvalue weighted by atomic mass is 9.93. The zero-order chi connectivity index (χ0) is 21.2. The maximum absolute atomic E-state index is 6.02. The van der Waals surface area contributed by atoms with E-state index in [1.54, 1.807) is 10.9 Å². The van der Waals surface area contributed by atoms with Gasteiger partial charge in [-0.15, -0.1) is 5.10 Å². The van der Waals surface area contributed by atoms with Gasteiger partial charge in [-0.1, -0.05) is 0 Å². The van der Waals surface area contributed by atoms with E-state index in [0.29, 0.717) is 11.9 Å². The van der Waals surface area contributed by atoms with Crippen LogP contribution in [-0.4, -0.2) is 47.4 Å². The highest BCUT2D eigenvalue weighted by molar-refractivity contribution is 5.93. The molecule has 1 N–H and O–H groups in total. The normalized spacial score (nSPS) is 18.9. The number of hydrogen-bond donors (Lipinski definition) is 1. The quantitative estimate of drug-likeness (QED) is 0.511. The molecule has 0 bridgehead atoms. The van der Waals surface area contributed by atoms with Crippen molar-refractivity contribution in [1.82, 2.24) is 34.7 Å². The second-order valence-corrected chi connectivity index (χ2v) is 7.92. The summed E-state index contributed by atoms with van der Waals surface area (Å²) in [4.78, 5) is 4.58. The van der Waals surface area contributed by atoms with Crippen LogP contribution in [0.1, 0.15) is 38.6 Å². The van der Waals surface area contributed by atoms with E-state index in [0.717, 1.165) is 60.2 Å². The zero-order valence-electron chi connectivity index (χ0n) is 17.8. The second-order valence-electron chi connectivity index (χ2n) is 7.92. The second kappa shape index (κ2) is 8.33. The molecule has 0 radical (unpaired) electrons. The van der Waals surface area contributed by atoms with Gasteiger partial charge in [0.05, 0.1) is 17.8 Å². The van der Waals surface area contributed by atoms with Crippen molar-refractivity contribution in [1.29, 1.82) is 0 Å². The molecule has 5 rings (SSSR count). The van der Waals surface area contributed by atoms with Gasteiger partial charge in [0.2, 0.25) is 5.88 Å². The lowest BCUT2D eigenvalue weighted by molar-refractivity contribution is 0.124. The third-order valence-electron chi connectivity index (χ3n) is 5.75. The van der Waals surface area contributed by atoms with Crippen LogP contribution in [0.3, 0.4) is 0 Å². The molecule has 1 saturated carbocycles. The number of fused-ring (bicyclic) bond motifs is 1. The maximum atomic E-state index is 6.02. The first-order chi connectivity index (χ1) is 15.2. The molecule has 1 fully saturated rings. The molecule has 0 spiro atoms. The van der Waals surface area contributed by atoms with Crippen molar-refractivity contribution >= 4 is 16.7 Å². The van der Waals surface area contributed by atoms with E-state index in [9.17, 15) is 0 Å². The van der Waals surface area contributed by atoms with Gasteiger partial charge in [-0.3, -0.25) is 9.36 Å². The predicted octanol–water partition coefficient (Wildman–Crippen LogP) is 3.62. The average molecular weight is 419 g/mol. The molecule has 31 heavy (non-hydrogen) atoms. The minimum atomic E-state index is 0.159. The van der Waals surface area contributed by atoms with Crippen molar-refractivity contribution in [3.05, 3.63) is 43.0 Å². The molecule has 0 aromatic carbocycles. The van der Waals surface area contributed by atoms with Gasteiger partial charge in [0, 0.05) is 55.3 Å². The summed E-state index contributed by atoms with van der Waals surface area (Å²) in [7, 11) is 1.92. The minimum Gasteiger partial charge on any atom is -0.473 e. The third kappa shape index (κ3) is 3.95. The standard InChI is InChI=1S/C22H26N8O/c1-3-23-20-11-19-18(13-24-20)22(15-12-26-29(2)14-15)28-30(19)16-6-8-17(9-7-16)31-21-5-4-10-25-27-21/h4-5,10-14,16-17H,3,6-9H2,1-2H3,(H,23,24)/t16-,17+. The summed E-state index contributed by atoms with van der Waals surface area (Å²) in [5, 5.41) is 21.7. The monoisotopic (exact) mass is 418 g/mol. The van der Waals surface area contributed by atoms with Gasteiger partial charge in [0.1, 0.15) is 17.6 Å². The first kappa shape index (κ1) is 19.5. The van der Waals surface area contributed by atoms with Gasteiger partial charge in [-0.25, -0.2) is 4.98 Å². The summed E-state index contributed by atoms with van der Waals surface area (Å²) < 4.78 is 10.0. The first-order valence-electron chi connectivity index (χ1n) is 10.8. The lowest BCUT2D eigenvalue weighted by Gasteiger charge is -2.29. The van der Waals surface area contributed by atoms with E-state index < -0.39 is 0 Å². The Labute approximate surface area is 180 Å². The molecule has 0 saturated heterocycles. The van der Waals surface area contributed by atoms with Gasteiger partial charge in [-0.2, -0.15) is 15.3 Å². The number of ether oxygens (including phenoxy) is 1. The van der Waals surface area contributed by atoms with Crippen LogP contribution >= 0.6 is 0 Å². The van der Waals surface area contributed by atoms with E-state index in [2.05, 4.69) is 43.3 Å². The van der Waals surface area contributed by atoms with Crippen LogP contribution in [0.4, 0.5) is 5.82 Å².